The molecule has 20 heavy (non-hydrogen) atoms. The number of carbonyl (C=O) groups is 1. The zero-order valence-electron chi connectivity index (χ0n) is 12.6. The molecule has 1 fully saturated rings. The van der Waals surface area contributed by atoms with Gasteiger partial charge in [0.15, 0.2) is 5.82 Å². The highest BCUT2D eigenvalue weighted by atomic mass is 16.5. The van der Waals surface area contributed by atoms with Crippen molar-refractivity contribution in [3.63, 3.8) is 0 Å². The second-order valence-corrected chi connectivity index (χ2v) is 6.09. The van der Waals surface area contributed by atoms with Crippen molar-refractivity contribution >= 4 is 11.8 Å². The molecule has 0 unspecified atom stereocenters. The zero-order chi connectivity index (χ0) is 14.8. The molecule has 2 amide bonds. The van der Waals surface area contributed by atoms with Gasteiger partial charge in [0.05, 0.1) is 19.3 Å². The van der Waals surface area contributed by atoms with Crippen molar-refractivity contribution in [3.05, 3.63) is 11.8 Å². The van der Waals surface area contributed by atoms with Gasteiger partial charge >= 0.3 is 6.03 Å². The van der Waals surface area contributed by atoms with Crippen LogP contribution in [0.2, 0.25) is 0 Å². The number of urea groups is 1. The van der Waals surface area contributed by atoms with Gasteiger partial charge in [-0.2, -0.15) is 0 Å². The first-order valence-corrected chi connectivity index (χ1v) is 7.04. The van der Waals surface area contributed by atoms with Gasteiger partial charge in [0.25, 0.3) is 0 Å². The number of ether oxygens (including phenoxy) is 1. The number of hydrogen-bond donors (Lipinski definition) is 1. The highest BCUT2D eigenvalue weighted by Gasteiger charge is 2.27. The summed E-state index contributed by atoms with van der Waals surface area (Å²) in [7, 11) is 0. The van der Waals surface area contributed by atoms with Crippen molar-refractivity contribution in [2.24, 2.45) is 0 Å². The fourth-order valence-electron chi connectivity index (χ4n) is 2.13. The Bertz CT molecular complexity index is 464. The van der Waals surface area contributed by atoms with Gasteiger partial charge in [-0.3, -0.25) is 5.32 Å². The molecule has 6 heteroatoms. The second kappa shape index (κ2) is 5.83. The lowest BCUT2D eigenvalue weighted by Gasteiger charge is -2.34. The standard InChI is InChI=1S/C14H23N3O3/c1-5-10-9-19-7-6-17(10)13(18)15-12-8-11(20-16-12)14(2,3)4/h8,10H,5-7,9H2,1-4H3,(H,15,16,18)/t10-/m0/s1. The van der Waals surface area contributed by atoms with Crippen LogP contribution in [0.3, 0.4) is 0 Å². The maximum Gasteiger partial charge on any atom is 0.323 e. The molecule has 0 aromatic carbocycles. The molecule has 112 valence electrons. The molecule has 2 rings (SSSR count). The Hall–Kier alpha value is -1.56. The molecule has 1 aliphatic rings. The Morgan fingerprint density at radius 3 is 2.90 bits per heavy atom. The molecule has 1 atom stereocenters. The van der Waals surface area contributed by atoms with Crippen LogP contribution in [-0.4, -0.2) is 41.9 Å². The van der Waals surface area contributed by atoms with E-state index in [9.17, 15) is 4.79 Å². The lowest BCUT2D eigenvalue weighted by Crippen LogP contribution is -2.50. The van der Waals surface area contributed by atoms with Gasteiger partial charge < -0.3 is 14.2 Å². The molecule has 2 heterocycles. The lowest BCUT2D eigenvalue weighted by molar-refractivity contribution is 0.0143. The summed E-state index contributed by atoms with van der Waals surface area (Å²) in [4.78, 5) is 14.1. The first kappa shape index (κ1) is 14.8. The number of hydrogen-bond acceptors (Lipinski definition) is 4. The van der Waals surface area contributed by atoms with Gasteiger partial charge in [0, 0.05) is 18.0 Å². The first-order chi connectivity index (χ1) is 9.41. The van der Waals surface area contributed by atoms with E-state index < -0.39 is 0 Å². The number of nitrogens with one attached hydrogen (secondary N) is 1. The summed E-state index contributed by atoms with van der Waals surface area (Å²) in [5, 5.41) is 6.70. The van der Waals surface area contributed by atoms with Gasteiger partial charge in [-0.15, -0.1) is 0 Å². The van der Waals surface area contributed by atoms with Crippen molar-refractivity contribution < 1.29 is 14.1 Å². The summed E-state index contributed by atoms with van der Waals surface area (Å²) in [5.74, 6) is 1.21. The highest BCUT2D eigenvalue weighted by molar-refractivity contribution is 5.88. The Kier molecular flexibility index (Phi) is 4.32. The SMILES string of the molecule is CC[C@H]1COCCN1C(=O)Nc1cc(C(C)(C)C)on1. The average molecular weight is 281 g/mol. The molecule has 1 aromatic rings. The van der Waals surface area contributed by atoms with Gasteiger partial charge in [0.2, 0.25) is 0 Å². The van der Waals surface area contributed by atoms with Crippen LogP contribution in [0.5, 0.6) is 0 Å². The number of rotatable bonds is 2. The first-order valence-electron chi connectivity index (χ1n) is 7.04. The molecular formula is C14H23N3O3. The molecule has 0 bridgehead atoms. The molecule has 0 spiro atoms. The van der Waals surface area contributed by atoms with Crippen LogP contribution in [0.1, 0.15) is 39.9 Å². The minimum absolute atomic E-state index is 0.123. The van der Waals surface area contributed by atoms with E-state index in [0.29, 0.717) is 25.6 Å². The van der Waals surface area contributed by atoms with E-state index in [2.05, 4.69) is 10.5 Å². The minimum Gasteiger partial charge on any atom is -0.377 e. The van der Waals surface area contributed by atoms with E-state index in [-0.39, 0.29) is 17.5 Å². The smallest absolute Gasteiger partial charge is 0.323 e. The van der Waals surface area contributed by atoms with Gasteiger partial charge in [-0.1, -0.05) is 32.9 Å². The zero-order valence-corrected chi connectivity index (χ0v) is 12.6. The molecule has 0 saturated carbocycles. The fraction of sp³-hybridized carbons (Fsp3) is 0.714. The molecule has 1 aromatic heterocycles. The predicted molar refractivity (Wildman–Crippen MR) is 75.8 cm³/mol. The molecule has 0 aliphatic carbocycles. The van der Waals surface area contributed by atoms with Crippen LogP contribution in [0.25, 0.3) is 0 Å². The number of amides is 2. The van der Waals surface area contributed by atoms with Crippen LogP contribution < -0.4 is 5.32 Å². The summed E-state index contributed by atoms with van der Waals surface area (Å²) in [6.07, 6.45) is 0.874. The van der Waals surface area contributed by atoms with Crippen molar-refractivity contribution in [2.45, 2.75) is 45.6 Å². The number of nitrogens with zero attached hydrogens (tertiary/aromatic N) is 2. The predicted octanol–water partition coefficient (Wildman–Crippen LogP) is 2.61. The molecule has 1 saturated heterocycles. The number of morpholine rings is 1. The summed E-state index contributed by atoms with van der Waals surface area (Å²) < 4.78 is 10.7. The van der Waals surface area contributed by atoms with E-state index >= 15 is 0 Å². The minimum atomic E-state index is -0.145. The van der Waals surface area contributed by atoms with Crippen molar-refractivity contribution in [2.75, 3.05) is 25.1 Å². The van der Waals surface area contributed by atoms with Crippen molar-refractivity contribution in [3.8, 4) is 0 Å². The van der Waals surface area contributed by atoms with Gasteiger partial charge in [-0.05, 0) is 6.42 Å². The van der Waals surface area contributed by atoms with Crippen LogP contribution >= 0.6 is 0 Å². The lowest BCUT2D eigenvalue weighted by atomic mass is 9.93. The Morgan fingerprint density at radius 1 is 1.55 bits per heavy atom. The van der Waals surface area contributed by atoms with Crippen LogP contribution in [0.15, 0.2) is 10.6 Å². The monoisotopic (exact) mass is 281 g/mol. The molecule has 1 N–H and O–H groups in total. The molecular weight excluding hydrogens is 258 g/mol. The maximum atomic E-state index is 12.3. The molecule has 1 aliphatic heterocycles. The third-order valence-corrected chi connectivity index (χ3v) is 3.44. The van der Waals surface area contributed by atoms with E-state index in [1.54, 1.807) is 11.0 Å². The fourth-order valence-corrected chi connectivity index (χ4v) is 2.13. The Morgan fingerprint density at radius 2 is 2.30 bits per heavy atom. The second-order valence-electron chi connectivity index (χ2n) is 6.09. The maximum absolute atomic E-state index is 12.3. The van der Waals surface area contributed by atoms with Crippen molar-refractivity contribution in [1.29, 1.82) is 0 Å². The Labute approximate surface area is 119 Å². The molecule has 6 nitrogen and oxygen atoms in total. The van der Waals surface area contributed by atoms with Crippen LogP contribution in [0, 0.1) is 0 Å². The van der Waals surface area contributed by atoms with E-state index in [4.69, 9.17) is 9.26 Å². The Balaban J connectivity index is 2.02. The summed E-state index contributed by atoms with van der Waals surface area (Å²) in [6.45, 7) is 9.93. The summed E-state index contributed by atoms with van der Waals surface area (Å²) in [6, 6.07) is 1.76. The third kappa shape index (κ3) is 3.30. The topological polar surface area (TPSA) is 67.6 Å². The van der Waals surface area contributed by atoms with E-state index in [1.165, 1.54) is 0 Å². The van der Waals surface area contributed by atoms with Crippen LogP contribution in [-0.2, 0) is 10.2 Å². The summed E-state index contributed by atoms with van der Waals surface area (Å²) in [5.41, 5.74) is -0.124. The van der Waals surface area contributed by atoms with Crippen molar-refractivity contribution in [1.82, 2.24) is 10.1 Å². The van der Waals surface area contributed by atoms with E-state index in [0.717, 1.165) is 12.2 Å². The number of anilines is 1. The number of aromatic nitrogens is 1. The van der Waals surface area contributed by atoms with Gasteiger partial charge in [-0.25, -0.2) is 4.79 Å². The average Bonchev–Trinajstić information content (AvgIpc) is 2.87. The van der Waals surface area contributed by atoms with Gasteiger partial charge in [0.1, 0.15) is 5.76 Å². The largest absolute Gasteiger partial charge is 0.377 e. The molecule has 0 radical (unpaired) electrons. The number of carbonyl (C=O) groups excluding carboxylic acids is 1. The highest BCUT2D eigenvalue weighted by Crippen LogP contribution is 2.24. The third-order valence-electron chi connectivity index (χ3n) is 3.44. The van der Waals surface area contributed by atoms with Crippen LogP contribution in [0.4, 0.5) is 10.6 Å². The summed E-state index contributed by atoms with van der Waals surface area (Å²) >= 11 is 0. The van der Waals surface area contributed by atoms with E-state index in [1.807, 2.05) is 27.7 Å². The normalized spacial score (nSPS) is 20.0. The quantitative estimate of drug-likeness (QED) is 0.904.